The molecule has 118 valence electrons. The predicted octanol–water partition coefficient (Wildman–Crippen LogP) is 3.20. The lowest BCUT2D eigenvalue weighted by Crippen LogP contribution is -2.24. The van der Waals surface area contributed by atoms with Crippen LogP contribution >= 0.6 is 0 Å². The summed E-state index contributed by atoms with van der Waals surface area (Å²) in [6.07, 6.45) is 5.44. The Kier molecular flexibility index (Phi) is 4.09. The summed E-state index contributed by atoms with van der Waals surface area (Å²) < 4.78 is 8.00. The molecule has 1 fully saturated rings. The zero-order valence-electron chi connectivity index (χ0n) is 13.1. The molecule has 3 heterocycles. The molecule has 2 atom stereocenters. The fourth-order valence-corrected chi connectivity index (χ4v) is 3.31. The number of pyridine rings is 1. The average molecular weight is 307 g/mol. The Hall–Kier alpha value is -2.17. The highest BCUT2D eigenvalue weighted by molar-refractivity contribution is 5.39. The van der Waals surface area contributed by atoms with Gasteiger partial charge in [-0.05, 0) is 24.1 Å². The molecule has 0 radical (unpaired) electrons. The summed E-state index contributed by atoms with van der Waals surface area (Å²) in [6, 6.07) is 16.6. The first-order chi connectivity index (χ1) is 11.4. The van der Waals surface area contributed by atoms with Crippen molar-refractivity contribution >= 4 is 5.65 Å². The van der Waals surface area contributed by atoms with E-state index in [1.165, 1.54) is 5.56 Å². The Morgan fingerprint density at radius 1 is 1.13 bits per heavy atom. The van der Waals surface area contributed by atoms with E-state index >= 15 is 0 Å². The Labute approximate surface area is 136 Å². The third kappa shape index (κ3) is 3.14. The van der Waals surface area contributed by atoms with Gasteiger partial charge in [0.1, 0.15) is 5.65 Å². The molecule has 1 aliphatic rings. The van der Waals surface area contributed by atoms with Gasteiger partial charge in [-0.3, -0.25) is 0 Å². The molecule has 4 rings (SSSR count). The summed E-state index contributed by atoms with van der Waals surface area (Å²) in [5.41, 5.74) is 3.35. The molecule has 0 unspecified atom stereocenters. The number of nitrogens with zero attached hydrogens (tertiary/aromatic N) is 2. The summed E-state index contributed by atoms with van der Waals surface area (Å²) in [4.78, 5) is 4.62. The number of aromatic nitrogens is 2. The second kappa shape index (κ2) is 6.52. The molecule has 3 aromatic rings. The van der Waals surface area contributed by atoms with Gasteiger partial charge in [-0.15, -0.1) is 0 Å². The van der Waals surface area contributed by atoms with Crippen molar-refractivity contribution in [2.75, 3.05) is 13.2 Å². The number of benzene rings is 1. The second-order valence-corrected chi connectivity index (χ2v) is 6.08. The van der Waals surface area contributed by atoms with Crippen LogP contribution in [0.15, 0.2) is 60.9 Å². The van der Waals surface area contributed by atoms with Gasteiger partial charge in [-0.25, -0.2) is 4.98 Å². The van der Waals surface area contributed by atoms with Crippen LogP contribution < -0.4 is 5.32 Å². The summed E-state index contributed by atoms with van der Waals surface area (Å²) >= 11 is 0. The van der Waals surface area contributed by atoms with E-state index in [9.17, 15) is 0 Å². The molecule has 2 aromatic heterocycles. The Morgan fingerprint density at radius 2 is 2.00 bits per heavy atom. The fourth-order valence-electron chi connectivity index (χ4n) is 3.31. The smallest absolute Gasteiger partial charge is 0.137 e. The molecule has 1 N–H and O–H groups in total. The number of nitrogens with one attached hydrogen (secondary N) is 1. The van der Waals surface area contributed by atoms with Crippen molar-refractivity contribution in [3.8, 4) is 0 Å². The lowest BCUT2D eigenvalue weighted by atomic mass is 9.95. The SMILES string of the molecule is c1ccc([C@H]2OCC[C@@H]2CNCc2cn3ccccc3n2)cc1. The van der Waals surface area contributed by atoms with Crippen molar-refractivity contribution in [3.63, 3.8) is 0 Å². The van der Waals surface area contributed by atoms with E-state index in [1.54, 1.807) is 0 Å². The van der Waals surface area contributed by atoms with E-state index < -0.39 is 0 Å². The van der Waals surface area contributed by atoms with Gasteiger partial charge >= 0.3 is 0 Å². The van der Waals surface area contributed by atoms with Gasteiger partial charge in [0.05, 0.1) is 11.8 Å². The molecule has 23 heavy (non-hydrogen) atoms. The molecule has 1 aromatic carbocycles. The average Bonchev–Trinajstić information content (AvgIpc) is 3.22. The van der Waals surface area contributed by atoms with E-state index in [4.69, 9.17) is 4.74 Å². The summed E-state index contributed by atoms with van der Waals surface area (Å²) in [5, 5.41) is 3.55. The van der Waals surface area contributed by atoms with Crippen molar-refractivity contribution < 1.29 is 4.74 Å². The number of rotatable bonds is 5. The predicted molar refractivity (Wildman–Crippen MR) is 90.1 cm³/mol. The highest BCUT2D eigenvalue weighted by atomic mass is 16.5. The molecular weight excluding hydrogens is 286 g/mol. The van der Waals surface area contributed by atoms with E-state index in [0.717, 1.165) is 37.5 Å². The molecule has 1 aliphatic heterocycles. The summed E-state index contributed by atoms with van der Waals surface area (Å²) in [7, 11) is 0. The quantitative estimate of drug-likeness (QED) is 0.786. The molecule has 4 nitrogen and oxygen atoms in total. The van der Waals surface area contributed by atoms with Gasteiger partial charge < -0.3 is 14.5 Å². The van der Waals surface area contributed by atoms with Crippen molar-refractivity contribution in [3.05, 3.63) is 72.2 Å². The standard InChI is InChI=1S/C19H21N3O/c1-2-6-15(7-3-1)19-16(9-11-23-19)12-20-13-17-14-22-10-5-4-8-18(22)21-17/h1-8,10,14,16,19-20H,9,11-13H2/t16-,19-/m1/s1. The van der Waals surface area contributed by atoms with Crippen LogP contribution in [0.1, 0.15) is 23.8 Å². The summed E-state index contributed by atoms with van der Waals surface area (Å²) in [5.74, 6) is 0.523. The molecule has 0 bridgehead atoms. The maximum atomic E-state index is 5.94. The molecule has 0 amide bonds. The number of ether oxygens (including phenoxy) is 1. The Morgan fingerprint density at radius 3 is 2.87 bits per heavy atom. The minimum atomic E-state index is 0.213. The molecule has 0 saturated carbocycles. The number of fused-ring (bicyclic) bond motifs is 1. The number of hydrogen-bond donors (Lipinski definition) is 1. The maximum absolute atomic E-state index is 5.94. The van der Waals surface area contributed by atoms with Crippen LogP contribution in [0.25, 0.3) is 5.65 Å². The van der Waals surface area contributed by atoms with Gasteiger partial charge in [0.15, 0.2) is 0 Å². The highest BCUT2D eigenvalue weighted by Gasteiger charge is 2.29. The van der Waals surface area contributed by atoms with Crippen LogP contribution in [0.4, 0.5) is 0 Å². The lowest BCUT2D eigenvalue weighted by molar-refractivity contribution is 0.0904. The van der Waals surface area contributed by atoms with Gasteiger partial charge in [-0.1, -0.05) is 36.4 Å². The zero-order valence-corrected chi connectivity index (χ0v) is 13.1. The van der Waals surface area contributed by atoms with Crippen LogP contribution in [0.5, 0.6) is 0 Å². The van der Waals surface area contributed by atoms with Crippen molar-refractivity contribution in [1.82, 2.24) is 14.7 Å². The third-order valence-electron chi connectivity index (χ3n) is 4.47. The van der Waals surface area contributed by atoms with Gasteiger partial charge in [0.25, 0.3) is 0 Å². The minimum Gasteiger partial charge on any atom is -0.373 e. The molecular formula is C19H21N3O. The Balaban J connectivity index is 1.37. The topological polar surface area (TPSA) is 38.6 Å². The van der Waals surface area contributed by atoms with E-state index in [0.29, 0.717) is 5.92 Å². The van der Waals surface area contributed by atoms with Crippen LogP contribution in [0, 0.1) is 5.92 Å². The Bertz CT molecular complexity index is 735. The second-order valence-electron chi connectivity index (χ2n) is 6.08. The highest BCUT2D eigenvalue weighted by Crippen LogP contribution is 2.33. The van der Waals surface area contributed by atoms with E-state index in [2.05, 4.69) is 51.2 Å². The summed E-state index contributed by atoms with van der Waals surface area (Å²) in [6.45, 7) is 2.59. The van der Waals surface area contributed by atoms with Gasteiger partial charge in [-0.2, -0.15) is 0 Å². The van der Waals surface area contributed by atoms with Crippen molar-refractivity contribution in [1.29, 1.82) is 0 Å². The number of hydrogen-bond acceptors (Lipinski definition) is 3. The normalized spacial score (nSPS) is 21.0. The third-order valence-corrected chi connectivity index (χ3v) is 4.47. The zero-order chi connectivity index (χ0) is 15.5. The monoisotopic (exact) mass is 307 g/mol. The van der Waals surface area contributed by atoms with Gasteiger partial charge in [0.2, 0.25) is 0 Å². The largest absolute Gasteiger partial charge is 0.373 e. The maximum Gasteiger partial charge on any atom is 0.137 e. The van der Waals surface area contributed by atoms with Crippen LogP contribution in [0.3, 0.4) is 0 Å². The lowest BCUT2D eigenvalue weighted by Gasteiger charge is -2.19. The first-order valence-electron chi connectivity index (χ1n) is 8.20. The minimum absolute atomic E-state index is 0.213. The fraction of sp³-hybridized carbons (Fsp3) is 0.316. The molecule has 0 aliphatic carbocycles. The molecule has 0 spiro atoms. The van der Waals surface area contributed by atoms with Crippen LogP contribution in [0.2, 0.25) is 0 Å². The molecule has 4 heteroatoms. The van der Waals surface area contributed by atoms with Crippen molar-refractivity contribution in [2.24, 2.45) is 5.92 Å². The van der Waals surface area contributed by atoms with Gasteiger partial charge in [0, 0.05) is 38.0 Å². The first kappa shape index (κ1) is 14.4. The van der Waals surface area contributed by atoms with E-state index in [1.807, 2.05) is 24.4 Å². The van der Waals surface area contributed by atoms with Crippen molar-refractivity contribution in [2.45, 2.75) is 19.1 Å². The van der Waals surface area contributed by atoms with Crippen LogP contribution in [-0.4, -0.2) is 22.5 Å². The van der Waals surface area contributed by atoms with E-state index in [-0.39, 0.29) is 6.10 Å². The molecule has 1 saturated heterocycles. The van der Waals surface area contributed by atoms with Crippen LogP contribution in [-0.2, 0) is 11.3 Å². The number of imidazole rings is 1. The first-order valence-corrected chi connectivity index (χ1v) is 8.20.